The van der Waals surface area contributed by atoms with Crippen molar-refractivity contribution in [3.8, 4) is 5.75 Å². The molecule has 4 nitrogen and oxygen atoms in total. The van der Waals surface area contributed by atoms with Crippen molar-refractivity contribution in [2.75, 3.05) is 12.4 Å². The van der Waals surface area contributed by atoms with Gasteiger partial charge in [-0.25, -0.2) is 0 Å². The first-order chi connectivity index (χ1) is 12.2. The van der Waals surface area contributed by atoms with Crippen LogP contribution in [0.15, 0.2) is 66.7 Å². The molecule has 0 aliphatic rings. The highest BCUT2D eigenvalue weighted by Gasteiger charge is 2.10. The minimum atomic E-state index is -0.181. The Balaban J connectivity index is 1.57. The number of benzene rings is 3. The van der Waals surface area contributed by atoms with Crippen LogP contribution in [0.25, 0.3) is 10.8 Å². The molecule has 3 aromatic rings. The molecule has 0 aliphatic carbocycles. The molecule has 3 aromatic carbocycles. The normalized spacial score (nSPS) is 10.4. The Morgan fingerprint density at radius 2 is 1.60 bits per heavy atom. The van der Waals surface area contributed by atoms with Crippen molar-refractivity contribution in [2.45, 2.75) is 12.8 Å². The number of hydrogen-bond acceptors (Lipinski definition) is 3. The number of rotatable bonds is 6. The second-order valence-electron chi connectivity index (χ2n) is 5.76. The van der Waals surface area contributed by atoms with Gasteiger partial charge in [0, 0.05) is 24.1 Å². The summed E-state index contributed by atoms with van der Waals surface area (Å²) in [5, 5.41) is 4.90. The van der Waals surface area contributed by atoms with Crippen LogP contribution in [-0.2, 0) is 4.79 Å². The van der Waals surface area contributed by atoms with Gasteiger partial charge in [0.2, 0.25) is 5.91 Å². The van der Waals surface area contributed by atoms with E-state index in [0.717, 1.165) is 16.5 Å². The third-order valence-electron chi connectivity index (χ3n) is 4.02. The van der Waals surface area contributed by atoms with Gasteiger partial charge in [0.05, 0.1) is 7.11 Å². The number of carbonyl (C=O) groups is 2. The second-order valence-corrected chi connectivity index (χ2v) is 5.76. The number of Topliss-reactive ketones (excluding diaryl/α,β-unsaturated/α-hetero) is 1. The van der Waals surface area contributed by atoms with Crippen molar-refractivity contribution in [3.63, 3.8) is 0 Å². The molecule has 3 rings (SSSR count). The summed E-state index contributed by atoms with van der Waals surface area (Å²) in [6.07, 6.45) is 0.331. The quantitative estimate of drug-likeness (QED) is 0.678. The summed E-state index contributed by atoms with van der Waals surface area (Å²) in [6.45, 7) is 0. The van der Waals surface area contributed by atoms with Crippen LogP contribution in [-0.4, -0.2) is 18.8 Å². The highest BCUT2D eigenvalue weighted by molar-refractivity contribution is 6.02. The average molecular weight is 333 g/mol. The van der Waals surface area contributed by atoms with Gasteiger partial charge < -0.3 is 10.1 Å². The van der Waals surface area contributed by atoms with Crippen LogP contribution >= 0.6 is 0 Å². The van der Waals surface area contributed by atoms with Crippen LogP contribution in [0.3, 0.4) is 0 Å². The van der Waals surface area contributed by atoms with Gasteiger partial charge >= 0.3 is 0 Å². The van der Waals surface area contributed by atoms with Gasteiger partial charge in [-0.15, -0.1) is 0 Å². The summed E-state index contributed by atoms with van der Waals surface area (Å²) < 4.78 is 5.08. The number of nitrogens with one attached hydrogen (secondary N) is 1. The first kappa shape index (κ1) is 16.7. The van der Waals surface area contributed by atoms with Crippen molar-refractivity contribution >= 4 is 28.2 Å². The molecule has 1 amide bonds. The van der Waals surface area contributed by atoms with E-state index in [4.69, 9.17) is 4.74 Å². The summed E-state index contributed by atoms with van der Waals surface area (Å²) in [7, 11) is 1.59. The third-order valence-corrected chi connectivity index (χ3v) is 4.02. The van der Waals surface area contributed by atoms with Crippen molar-refractivity contribution in [3.05, 3.63) is 72.3 Å². The number of amides is 1. The Labute approximate surface area is 146 Å². The van der Waals surface area contributed by atoms with E-state index in [-0.39, 0.29) is 24.5 Å². The van der Waals surface area contributed by atoms with Gasteiger partial charge in [0.15, 0.2) is 5.78 Å². The fourth-order valence-corrected chi connectivity index (χ4v) is 2.63. The molecule has 0 atom stereocenters. The Morgan fingerprint density at radius 1 is 0.880 bits per heavy atom. The second kappa shape index (κ2) is 7.62. The summed E-state index contributed by atoms with van der Waals surface area (Å²) in [6, 6.07) is 20.6. The monoisotopic (exact) mass is 333 g/mol. The minimum Gasteiger partial charge on any atom is -0.497 e. The SMILES string of the molecule is COc1ccc(NC(=O)CCC(=O)c2ccc3ccccc3c2)cc1. The maximum absolute atomic E-state index is 12.3. The molecule has 0 saturated carbocycles. The molecule has 25 heavy (non-hydrogen) atoms. The molecular formula is C21H19NO3. The maximum Gasteiger partial charge on any atom is 0.224 e. The number of fused-ring (bicyclic) bond motifs is 1. The molecule has 126 valence electrons. The topological polar surface area (TPSA) is 55.4 Å². The predicted molar refractivity (Wildman–Crippen MR) is 99.1 cm³/mol. The van der Waals surface area contributed by atoms with E-state index < -0.39 is 0 Å². The minimum absolute atomic E-state index is 0.0318. The number of ketones is 1. The van der Waals surface area contributed by atoms with E-state index in [2.05, 4.69) is 5.32 Å². The molecular weight excluding hydrogens is 314 g/mol. The summed E-state index contributed by atoms with van der Waals surface area (Å²) in [4.78, 5) is 24.4. The summed E-state index contributed by atoms with van der Waals surface area (Å²) in [5.74, 6) is 0.513. The maximum atomic E-state index is 12.3. The van der Waals surface area contributed by atoms with Gasteiger partial charge in [0.25, 0.3) is 0 Å². The molecule has 0 fully saturated rings. The Kier molecular flexibility index (Phi) is 5.09. The van der Waals surface area contributed by atoms with Crippen LogP contribution in [0.1, 0.15) is 23.2 Å². The molecule has 0 bridgehead atoms. The number of methoxy groups -OCH3 is 1. The van der Waals surface area contributed by atoms with Crippen molar-refractivity contribution in [1.82, 2.24) is 0 Å². The Morgan fingerprint density at radius 3 is 2.32 bits per heavy atom. The zero-order valence-electron chi connectivity index (χ0n) is 14.0. The fourth-order valence-electron chi connectivity index (χ4n) is 2.63. The van der Waals surface area contributed by atoms with Crippen LogP contribution in [0.5, 0.6) is 5.75 Å². The largest absolute Gasteiger partial charge is 0.497 e. The van der Waals surface area contributed by atoms with E-state index in [1.165, 1.54) is 0 Å². The lowest BCUT2D eigenvalue weighted by atomic mass is 10.0. The van der Waals surface area contributed by atoms with Crippen molar-refractivity contribution < 1.29 is 14.3 Å². The van der Waals surface area contributed by atoms with Crippen molar-refractivity contribution in [2.24, 2.45) is 0 Å². The molecule has 0 aromatic heterocycles. The van der Waals surface area contributed by atoms with Crippen LogP contribution in [0, 0.1) is 0 Å². The first-order valence-electron chi connectivity index (χ1n) is 8.11. The lowest BCUT2D eigenvalue weighted by Crippen LogP contribution is -2.13. The van der Waals surface area contributed by atoms with Gasteiger partial charge in [-0.1, -0.05) is 36.4 Å². The predicted octanol–water partition coefficient (Wildman–Crippen LogP) is 4.45. The van der Waals surface area contributed by atoms with Crippen LogP contribution < -0.4 is 10.1 Å². The lowest BCUT2D eigenvalue weighted by molar-refractivity contribution is -0.116. The smallest absolute Gasteiger partial charge is 0.224 e. The zero-order valence-corrected chi connectivity index (χ0v) is 14.0. The van der Waals surface area contributed by atoms with E-state index in [1.54, 1.807) is 31.4 Å². The van der Waals surface area contributed by atoms with E-state index >= 15 is 0 Å². The van der Waals surface area contributed by atoms with Crippen molar-refractivity contribution in [1.29, 1.82) is 0 Å². The molecule has 0 radical (unpaired) electrons. The lowest BCUT2D eigenvalue weighted by Gasteiger charge is -2.06. The Bertz CT molecular complexity index is 900. The number of ether oxygens (including phenoxy) is 1. The van der Waals surface area contributed by atoms with Gasteiger partial charge in [-0.05, 0) is 41.1 Å². The van der Waals surface area contributed by atoms with E-state index in [1.807, 2.05) is 42.5 Å². The Hall–Kier alpha value is -3.14. The molecule has 0 heterocycles. The number of carbonyl (C=O) groups excluding carboxylic acids is 2. The van der Waals surface area contributed by atoms with E-state index in [9.17, 15) is 9.59 Å². The molecule has 0 spiro atoms. The number of anilines is 1. The molecule has 1 N–H and O–H groups in total. The summed E-state index contributed by atoms with van der Waals surface area (Å²) in [5.41, 5.74) is 1.32. The summed E-state index contributed by atoms with van der Waals surface area (Å²) >= 11 is 0. The highest BCUT2D eigenvalue weighted by Crippen LogP contribution is 2.18. The molecule has 0 saturated heterocycles. The van der Waals surface area contributed by atoms with Crippen LogP contribution in [0.2, 0.25) is 0 Å². The first-order valence-corrected chi connectivity index (χ1v) is 8.11. The molecule has 0 unspecified atom stereocenters. The third kappa shape index (κ3) is 4.23. The molecule has 4 heteroatoms. The number of hydrogen-bond donors (Lipinski definition) is 1. The standard InChI is InChI=1S/C21H19NO3/c1-25-19-10-8-18(9-11-19)22-21(24)13-12-20(23)17-7-6-15-4-2-3-5-16(15)14-17/h2-11,14H,12-13H2,1H3,(H,22,24). The van der Waals surface area contributed by atoms with Gasteiger partial charge in [-0.2, -0.15) is 0 Å². The highest BCUT2D eigenvalue weighted by atomic mass is 16.5. The molecule has 0 aliphatic heterocycles. The fraction of sp³-hybridized carbons (Fsp3) is 0.143. The van der Waals surface area contributed by atoms with Gasteiger partial charge in [-0.3, -0.25) is 9.59 Å². The van der Waals surface area contributed by atoms with E-state index in [0.29, 0.717) is 11.3 Å². The average Bonchev–Trinajstić information content (AvgIpc) is 2.66. The zero-order chi connectivity index (χ0) is 17.6. The van der Waals surface area contributed by atoms with Crippen LogP contribution in [0.4, 0.5) is 5.69 Å². The van der Waals surface area contributed by atoms with Gasteiger partial charge in [0.1, 0.15) is 5.75 Å².